The first-order chi connectivity index (χ1) is 12.6. The number of hydrogen-bond acceptors (Lipinski definition) is 4. The van der Waals surface area contributed by atoms with Crippen LogP contribution in [-0.2, 0) is 6.42 Å². The van der Waals surface area contributed by atoms with E-state index in [1.807, 2.05) is 12.1 Å². The van der Waals surface area contributed by atoms with Crippen LogP contribution in [0.15, 0.2) is 36.4 Å². The molecule has 6 nitrogen and oxygen atoms in total. The third-order valence-corrected chi connectivity index (χ3v) is 4.70. The fourth-order valence-corrected chi connectivity index (χ4v) is 3.31. The van der Waals surface area contributed by atoms with E-state index in [0.717, 1.165) is 44.8 Å². The maximum Gasteiger partial charge on any atom is 0.271 e. The fraction of sp³-hybridized carbons (Fsp3) is 0.500. The highest BCUT2D eigenvalue weighted by molar-refractivity contribution is 5.92. The number of para-hydroxylation sites is 1. The Balaban J connectivity index is 1.37. The van der Waals surface area contributed by atoms with E-state index in [1.54, 1.807) is 0 Å². The molecule has 0 saturated carbocycles. The van der Waals surface area contributed by atoms with Gasteiger partial charge in [0.05, 0.1) is 0 Å². The quantitative estimate of drug-likeness (QED) is 0.799. The summed E-state index contributed by atoms with van der Waals surface area (Å²) in [5.41, 5.74) is 2.79. The minimum Gasteiger partial charge on any atom is -0.369 e. The highest BCUT2D eigenvalue weighted by Crippen LogP contribution is 2.15. The van der Waals surface area contributed by atoms with Crippen molar-refractivity contribution < 1.29 is 4.79 Å². The molecule has 0 unspecified atom stereocenters. The summed E-state index contributed by atoms with van der Waals surface area (Å²) in [6, 6.07) is 12.4. The molecule has 0 aliphatic carbocycles. The molecule has 1 saturated heterocycles. The second kappa shape index (κ2) is 8.85. The summed E-state index contributed by atoms with van der Waals surface area (Å²) in [5, 5.41) is 10.1. The topological polar surface area (TPSA) is 64.3 Å². The first-order valence-electron chi connectivity index (χ1n) is 9.46. The molecule has 1 aromatic heterocycles. The van der Waals surface area contributed by atoms with Crippen LogP contribution in [0.2, 0.25) is 0 Å². The summed E-state index contributed by atoms with van der Waals surface area (Å²) in [6.07, 6.45) is 0.909. The average molecular weight is 355 g/mol. The largest absolute Gasteiger partial charge is 0.369 e. The van der Waals surface area contributed by atoms with Crippen molar-refractivity contribution >= 4 is 11.6 Å². The molecular formula is C20H29N5O. The lowest BCUT2D eigenvalue weighted by Crippen LogP contribution is -2.48. The monoisotopic (exact) mass is 355 g/mol. The Bertz CT molecular complexity index is 689. The number of anilines is 1. The number of aromatic amines is 1. The van der Waals surface area contributed by atoms with Crippen molar-refractivity contribution in [2.75, 3.05) is 44.2 Å². The number of rotatable bonds is 7. The Hall–Kier alpha value is -2.34. The van der Waals surface area contributed by atoms with Gasteiger partial charge in [0.15, 0.2) is 0 Å². The fourth-order valence-electron chi connectivity index (χ4n) is 3.31. The number of carbonyl (C=O) groups is 1. The molecule has 1 aliphatic heterocycles. The summed E-state index contributed by atoms with van der Waals surface area (Å²) in [7, 11) is 0. The Morgan fingerprint density at radius 1 is 1.19 bits per heavy atom. The van der Waals surface area contributed by atoms with Gasteiger partial charge >= 0.3 is 0 Å². The van der Waals surface area contributed by atoms with Crippen molar-refractivity contribution in [3.8, 4) is 0 Å². The number of hydrogen-bond donors (Lipinski definition) is 2. The molecule has 2 aromatic rings. The van der Waals surface area contributed by atoms with Gasteiger partial charge in [-0.15, -0.1) is 0 Å². The molecule has 0 radical (unpaired) electrons. The zero-order valence-electron chi connectivity index (χ0n) is 15.7. The van der Waals surface area contributed by atoms with Crippen LogP contribution in [0.25, 0.3) is 0 Å². The van der Waals surface area contributed by atoms with Crippen molar-refractivity contribution in [1.82, 2.24) is 20.4 Å². The summed E-state index contributed by atoms with van der Waals surface area (Å²) >= 11 is 0. The number of nitrogens with zero attached hydrogens (tertiary/aromatic N) is 3. The molecular weight excluding hydrogens is 326 g/mol. The molecule has 140 valence electrons. The summed E-state index contributed by atoms with van der Waals surface area (Å²) in [6.45, 7) is 9.91. The lowest BCUT2D eigenvalue weighted by Gasteiger charge is -2.36. The minimum absolute atomic E-state index is 0.0980. The Labute approximate surface area is 155 Å². The molecule has 1 aliphatic rings. The van der Waals surface area contributed by atoms with Gasteiger partial charge < -0.3 is 10.2 Å². The van der Waals surface area contributed by atoms with Crippen LogP contribution < -0.4 is 10.2 Å². The highest BCUT2D eigenvalue weighted by atomic mass is 16.1. The highest BCUT2D eigenvalue weighted by Gasteiger charge is 2.17. The van der Waals surface area contributed by atoms with Gasteiger partial charge in [-0.25, -0.2) is 0 Å². The number of benzene rings is 1. The van der Waals surface area contributed by atoms with Crippen LogP contribution in [0, 0.1) is 5.92 Å². The van der Waals surface area contributed by atoms with Crippen LogP contribution >= 0.6 is 0 Å². The third kappa shape index (κ3) is 5.08. The molecule has 1 fully saturated rings. The Kier molecular flexibility index (Phi) is 6.28. The Morgan fingerprint density at radius 3 is 2.62 bits per heavy atom. The summed E-state index contributed by atoms with van der Waals surface area (Å²) in [5.74, 6) is 0.445. The van der Waals surface area contributed by atoms with Crippen LogP contribution in [-0.4, -0.2) is 60.3 Å². The molecule has 0 atom stereocenters. The lowest BCUT2D eigenvalue weighted by molar-refractivity contribution is 0.0942. The van der Waals surface area contributed by atoms with E-state index in [4.69, 9.17) is 0 Å². The summed E-state index contributed by atoms with van der Waals surface area (Å²) in [4.78, 5) is 17.0. The zero-order valence-corrected chi connectivity index (χ0v) is 15.7. The van der Waals surface area contributed by atoms with E-state index >= 15 is 0 Å². The molecule has 2 heterocycles. The molecule has 1 aromatic carbocycles. The summed E-state index contributed by atoms with van der Waals surface area (Å²) < 4.78 is 0. The third-order valence-electron chi connectivity index (χ3n) is 4.70. The molecule has 3 rings (SSSR count). The van der Waals surface area contributed by atoms with Gasteiger partial charge in [-0.3, -0.25) is 14.8 Å². The van der Waals surface area contributed by atoms with E-state index in [-0.39, 0.29) is 5.91 Å². The maximum absolute atomic E-state index is 12.2. The predicted octanol–water partition coefficient (Wildman–Crippen LogP) is 2.16. The lowest BCUT2D eigenvalue weighted by atomic mass is 10.1. The van der Waals surface area contributed by atoms with Crippen molar-refractivity contribution in [3.05, 3.63) is 47.8 Å². The molecule has 0 spiro atoms. The Morgan fingerprint density at radius 2 is 1.92 bits per heavy atom. The van der Waals surface area contributed by atoms with E-state index in [2.05, 4.69) is 63.4 Å². The predicted molar refractivity (Wildman–Crippen MR) is 105 cm³/mol. The van der Waals surface area contributed by atoms with Crippen LogP contribution in [0.1, 0.15) is 30.0 Å². The van der Waals surface area contributed by atoms with Crippen LogP contribution in [0.4, 0.5) is 5.69 Å². The second-order valence-electron chi connectivity index (χ2n) is 7.30. The number of carbonyl (C=O) groups excluding carboxylic acids is 1. The van der Waals surface area contributed by atoms with Crippen LogP contribution in [0.3, 0.4) is 0 Å². The van der Waals surface area contributed by atoms with E-state index in [1.165, 1.54) is 5.69 Å². The van der Waals surface area contributed by atoms with Crippen molar-refractivity contribution in [2.45, 2.75) is 20.3 Å². The molecule has 6 heteroatoms. The normalized spacial score (nSPS) is 15.4. The smallest absolute Gasteiger partial charge is 0.271 e. The van der Waals surface area contributed by atoms with Crippen LogP contribution in [0.5, 0.6) is 0 Å². The van der Waals surface area contributed by atoms with Crippen molar-refractivity contribution in [2.24, 2.45) is 5.92 Å². The molecule has 1 amide bonds. The van der Waals surface area contributed by atoms with Gasteiger partial charge in [-0.2, -0.15) is 5.10 Å². The van der Waals surface area contributed by atoms with Gasteiger partial charge in [0.2, 0.25) is 0 Å². The number of nitrogens with one attached hydrogen (secondary N) is 2. The maximum atomic E-state index is 12.2. The van der Waals surface area contributed by atoms with Gasteiger partial charge in [0.25, 0.3) is 5.91 Å². The molecule has 26 heavy (non-hydrogen) atoms. The van der Waals surface area contributed by atoms with Gasteiger partial charge in [0.1, 0.15) is 5.69 Å². The van der Waals surface area contributed by atoms with E-state index < -0.39 is 0 Å². The average Bonchev–Trinajstić information content (AvgIpc) is 3.11. The first-order valence-corrected chi connectivity index (χ1v) is 9.46. The standard InChI is InChI=1S/C20H29N5O/c1-16(2)14-17-15-19(23-22-17)20(26)21-8-9-24-10-12-25(13-11-24)18-6-4-3-5-7-18/h3-7,15-16H,8-14H2,1-2H3,(H,21,26)(H,22,23). The van der Waals surface area contributed by atoms with E-state index in [9.17, 15) is 4.79 Å². The number of piperazine rings is 1. The van der Waals surface area contributed by atoms with Crippen molar-refractivity contribution in [3.63, 3.8) is 0 Å². The zero-order chi connectivity index (χ0) is 18.4. The molecule has 0 bridgehead atoms. The number of amides is 1. The number of aromatic nitrogens is 2. The van der Waals surface area contributed by atoms with Gasteiger partial charge in [0, 0.05) is 50.6 Å². The van der Waals surface area contributed by atoms with E-state index in [0.29, 0.717) is 18.2 Å². The molecule has 2 N–H and O–H groups in total. The minimum atomic E-state index is -0.0980. The number of H-pyrrole nitrogens is 1. The second-order valence-corrected chi connectivity index (χ2v) is 7.30. The SMILES string of the molecule is CC(C)Cc1cc(C(=O)NCCN2CCN(c3ccccc3)CC2)n[nH]1. The van der Waals surface area contributed by atoms with Gasteiger partial charge in [-0.05, 0) is 30.5 Å². The van der Waals surface area contributed by atoms with Gasteiger partial charge in [-0.1, -0.05) is 32.0 Å². The van der Waals surface area contributed by atoms with Crippen molar-refractivity contribution in [1.29, 1.82) is 0 Å². The first kappa shape index (κ1) is 18.5.